The topological polar surface area (TPSA) is 9.23 Å². The lowest BCUT2D eigenvalue weighted by atomic mass is 10.1. The molecule has 2 rings (SSSR count). The average molecular weight is 262 g/mol. The Kier molecular flexibility index (Phi) is 3.25. The quantitative estimate of drug-likeness (QED) is 0.712. The van der Waals surface area contributed by atoms with Crippen LogP contribution in [0.15, 0.2) is 41.6 Å². The maximum atomic E-state index is 5.91. The summed E-state index contributed by atoms with van der Waals surface area (Å²) in [5.74, 6) is 0. The van der Waals surface area contributed by atoms with Gasteiger partial charge in [0.25, 0.3) is 0 Å². The van der Waals surface area contributed by atoms with Crippen LogP contribution in [0.2, 0.25) is 10.0 Å². The molecule has 1 aromatic rings. The van der Waals surface area contributed by atoms with E-state index < -0.39 is 0 Å². The lowest BCUT2D eigenvalue weighted by Gasteiger charge is -2.18. The molecule has 0 saturated carbocycles. The van der Waals surface area contributed by atoms with Crippen molar-refractivity contribution in [1.29, 1.82) is 0 Å². The summed E-state index contributed by atoms with van der Waals surface area (Å²) in [7, 11) is 0. The van der Waals surface area contributed by atoms with Crippen LogP contribution in [-0.4, -0.2) is 0 Å². The fourth-order valence-corrected chi connectivity index (χ4v) is 1.78. The van der Waals surface area contributed by atoms with E-state index in [0.717, 1.165) is 5.56 Å². The number of rotatable bonds is 1. The molecule has 1 aliphatic heterocycles. The Hall–Kier alpha value is -0.630. The maximum Gasteiger partial charge on any atom is 0.188 e. The molecule has 1 heterocycles. The molecule has 0 saturated heterocycles. The zero-order valence-corrected chi connectivity index (χ0v) is 9.85. The first kappa shape index (κ1) is 10.9. The second-order valence-electron chi connectivity index (χ2n) is 3.07. The third-order valence-corrected chi connectivity index (χ3v) is 2.98. The highest BCUT2D eigenvalue weighted by Crippen LogP contribution is 2.31. The fraction of sp³-hybridized carbons (Fsp3) is 0.0909. The van der Waals surface area contributed by atoms with Crippen LogP contribution in [0.3, 0.4) is 0 Å². The predicted molar refractivity (Wildman–Crippen MR) is 63.4 cm³/mol. The number of hydrogen-bond donors (Lipinski definition) is 0. The van der Waals surface area contributed by atoms with Crippen molar-refractivity contribution < 1.29 is 4.74 Å². The summed E-state index contributed by atoms with van der Waals surface area (Å²) >= 11 is 17.5. The first-order chi connectivity index (χ1) is 7.16. The van der Waals surface area contributed by atoms with Gasteiger partial charge in [0.2, 0.25) is 0 Å². The molecule has 1 nitrogen and oxygen atoms in total. The number of allylic oxidation sites excluding steroid dienone is 2. The largest absolute Gasteiger partial charge is 0.471 e. The summed E-state index contributed by atoms with van der Waals surface area (Å²) in [6.45, 7) is 0. The molecule has 0 radical (unpaired) electrons. The molecule has 0 N–H and O–H groups in total. The molecule has 0 aliphatic carbocycles. The van der Waals surface area contributed by atoms with Crippen LogP contribution >= 0.6 is 34.8 Å². The van der Waals surface area contributed by atoms with Crippen LogP contribution in [0.5, 0.6) is 0 Å². The molecule has 0 fully saturated rings. The molecule has 1 aromatic carbocycles. The van der Waals surface area contributed by atoms with Crippen LogP contribution in [0, 0.1) is 0 Å². The number of benzene rings is 1. The van der Waals surface area contributed by atoms with Crippen LogP contribution in [0.25, 0.3) is 0 Å². The summed E-state index contributed by atoms with van der Waals surface area (Å²) < 4.78 is 5.41. The molecule has 1 atom stereocenters. The summed E-state index contributed by atoms with van der Waals surface area (Å²) in [5.41, 5.74) is 0.923. The van der Waals surface area contributed by atoms with Crippen molar-refractivity contribution in [3.63, 3.8) is 0 Å². The smallest absolute Gasteiger partial charge is 0.188 e. The van der Waals surface area contributed by atoms with Gasteiger partial charge < -0.3 is 4.74 Å². The van der Waals surface area contributed by atoms with Crippen molar-refractivity contribution in [2.24, 2.45) is 0 Å². The standard InChI is InChI=1S/C11H7Cl3O/c12-8-5-4-7(6-9(8)13)10-2-1-3-11(14)15-10/h1-6,10H. The number of ether oxygens (including phenoxy) is 1. The minimum Gasteiger partial charge on any atom is -0.471 e. The van der Waals surface area contributed by atoms with Gasteiger partial charge in [0.1, 0.15) is 6.10 Å². The Balaban J connectivity index is 2.27. The highest BCUT2D eigenvalue weighted by Gasteiger charge is 2.14. The van der Waals surface area contributed by atoms with Gasteiger partial charge in [-0.25, -0.2) is 0 Å². The monoisotopic (exact) mass is 260 g/mol. The Morgan fingerprint density at radius 1 is 1.07 bits per heavy atom. The summed E-state index contributed by atoms with van der Waals surface area (Å²) in [6, 6.07) is 5.37. The molecular formula is C11H7Cl3O. The molecule has 0 bridgehead atoms. The van der Waals surface area contributed by atoms with Gasteiger partial charge in [-0.05, 0) is 41.4 Å². The first-order valence-corrected chi connectivity index (χ1v) is 5.46. The van der Waals surface area contributed by atoms with Crippen LogP contribution < -0.4 is 0 Å². The van der Waals surface area contributed by atoms with E-state index in [1.165, 1.54) is 0 Å². The van der Waals surface area contributed by atoms with Crippen LogP contribution in [-0.2, 0) is 4.74 Å². The lowest BCUT2D eigenvalue weighted by molar-refractivity contribution is 0.174. The Morgan fingerprint density at radius 2 is 1.87 bits per heavy atom. The fourth-order valence-electron chi connectivity index (χ4n) is 1.30. The van der Waals surface area contributed by atoms with Gasteiger partial charge in [-0.3, -0.25) is 0 Å². The zero-order valence-electron chi connectivity index (χ0n) is 7.58. The van der Waals surface area contributed by atoms with Crippen molar-refractivity contribution in [1.82, 2.24) is 0 Å². The normalized spacial score (nSPS) is 19.7. The van der Waals surface area contributed by atoms with Crippen LogP contribution in [0.4, 0.5) is 0 Å². The van der Waals surface area contributed by atoms with E-state index >= 15 is 0 Å². The van der Waals surface area contributed by atoms with Gasteiger partial charge in [0.05, 0.1) is 10.0 Å². The van der Waals surface area contributed by atoms with Crippen LogP contribution in [0.1, 0.15) is 11.7 Å². The highest BCUT2D eigenvalue weighted by atomic mass is 35.5. The van der Waals surface area contributed by atoms with E-state index in [0.29, 0.717) is 15.3 Å². The van der Waals surface area contributed by atoms with Gasteiger partial charge in [-0.2, -0.15) is 0 Å². The summed E-state index contributed by atoms with van der Waals surface area (Å²) in [6.07, 6.45) is 5.23. The second kappa shape index (κ2) is 4.48. The van der Waals surface area contributed by atoms with Gasteiger partial charge in [0.15, 0.2) is 5.22 Å². The molecule has 78 valence electrons. The van der Waals surface area contributed by atoms with Crippen molar-refractivity contribution in [2.75, 3.05) is 0 Å². The molecule has 0 spiro atoms. The first-order valence-electron chi connectivity index (χ1n) is 4.32. The molecule has 1 unspecified atom stereocenters. The molecule has 4 heteroatoms. The van der Waals surface area contributed by atoms with Crippen molar-refractivity contribution in [3.8, 4) is 0 Å². The number of halogens is 3. The molecule has 0 aromatic heterocycles. The third kappa shape index (κ3) is 2.49. The summed E-state index contributed by atoms with van der Waals surface area (Å²) in [5, 5.41) is 1.41. The molecule has 1 aliphatic rings. The van der Waals surface area contributed by atoms with Gasteiger partial charge >= 0.3 is 0 Å². The van der Waals surface area contributed by atoms with Crippen molar-refractivity contribution in [3.05, 3.63) is 57.3 Å². The second-order valence-corrected chi connectivity index (χ2v) is 4.25. The van der Waals surface area contributed by atoms with Gasteiger partial charge in [-0.1, -0.05) is 35.3 Å². The van der Waals surface area contributed by atoms with E-state index in [4.69, 9.17) is 39.5 Å². The zero-order chi connectivity index (χ0) is 10.8. The van der Waals surface area contributed by atoms with Gasteiger partial charge in [0, 0.05) is 0 Å². The predicted octanol–water partition coefficient (Wildman–Crippen LogP) is 4.70. The van der Waals surface area contributed by atoms with E-state index in [-0.39, 0.29) is 6.10 Å². The number of hydrogen-bond acceptors (Lipinski definition) is 1. The Labute approximate surface area is 103 Å². The minimum atomic E-state index is -0.197. The van der Waals surface area contributed by atoms with E-state index in [1.54, 1.807) is 18.2 Å². The van der Waals surface area contributed by atoms with E-state index in [9.17, 15) is 0 Å². The SMILES string of the molecule is ClC1=CC=CC(c2ccc(Cl)c(Cl)c2)O1. The maximum absolute atomic E-state index is 5.91. The van der Waals surface area contributed by atoms with E-state index in [2.05, 4.69) is 0 Å². The lowest BCUT2D eigenvalue weighted by Crippen LogP contribution is -2.01. The summed E-state index contributed by atoms with van der Waals surface area (Å²) in [4.78, 5) is 0. The molecular weight excluding hydrogens is 254 g/mol. The van der Waals surface area contributed by atoms with Crippen molar-refractivity contribution >= 4 is 34.8 Å². The van der Waals surface area contributed by atoms with Gasteiger partial charge in [-0.15, -0.1) is 0 Å². The third-order valence-electron chi connectivity index (χ3n) is 2.02. The molecule has 15 heavy (non-hydrogen) atoms. The average Bonchev–Trinajstić information content (AvgIpc) is 2.22. The Bertz CT molecular complexity index is 437. The van der Waals surface area contributed by atoms with Crippen molar-refractivity contribution in [2.45, 2.75) is 6.10 Å². The van der Waals surface area contributed by atoms with E-state index in [1.807, 2.05) is 18.2 Å². The minimum absolute atomic E-state index is 0.197. The highest BCUT2D eigenvalue weighted by molar-refractivity contribution is 6.42. The molecule has 0 amide bonds. The Morgan fingerprint density at radius 3 is 2.53 bits per heavy atom.